The second-order valence-corrected chi connectivity index (χ2v) is 8.40. The Morgan fingerprint density at radius 1 is 1.00 bits per heavy atom. The molecule has 2 heterocycles. The summed E-state index contributed by atoms with van der Waals surface area (Å²) in [7, 11) is 3.20. The van der Waals surface area contributed by atoms with E-state index in [-0.39, 0.29) is 12.5 Å². The average molecular weight is 463 g/mol. The molecule has 1 atom stereocenters. The smallest absolute Gasteiger partial charge is 0.273 e. The van der Waals surface area contributed by atoms with Crippen LogP contribution in [0.25, 0.3) is 10.2 Å². The minimum absolute atomic E-state index is 0.124. The summed E-state index contributed by atoms with van der Waals surface area (Å²) in [6, 6.07) is 20.8. The number of amides is 1. The van der Waals surface area contributed by atoms with Crippen molar-refractivity contribution in [3.05, 3.63) is 72.3 Å². The maximum absolute atomic E-state index is 13.7. The number of ether oxygens (including phenoxy) is 4. The molecule has 1 aromatic heterocycles. The first-order valence-electron chi connectivity index (χ1n) is 10.4. The predicted octanol–water partition coefficient (Wildman–Crippen LogP) is 4.69. The molecule has 1 amide bonds. The third-order valence-corrected chi connectivity index (χ3v) is 6.46. The monoisotopic (exact) mass is 462 g/mol. The molecule has 0 fully saturated rings. The van der Waals surface area contributed by atoms with Crippen molar-refractivity contribution in [1.82, 2.24) is 4.98 Å². The normalized spacial score (nSPS) is 14.7. The van der Waals surface area contributed by atoms with E-state index in [1.165, 1.54) is 11.3 Å². The topological polar surface area (TPSA) is 70.1 Å². The number of nitrogens with zero attached hydrogens (tertiary/aromatic N) is 2. The van der Waals surface area contributed by atoms with E-state index in [4.69, 9.17) is 23.9 Å². The van der Waals surface area contributed by atoms with Crippen LogP contribution in [0.2, 0.25) is 0 Å². The van der Waals surface area contributed by atoms with Crippen LogP contribution in [0.5, 0.6) is 23.0 Å². The Kier molecular flexibility index (Phi) is 5.75. The molecule has 33 heavy (non-hydrogen) atoms. The van der Waals surface area contributed by atoms with Crippen LogP contribution in [-0.4, -0.2) is 37.8 Å². The number of anilines is 1. The first-order valence-corrected chi connectivity index (χ1v) is 11.2. The minimum atomic E-state index is -0.792. The van der Waals surface area contributed by atoms with Crippen molar-refractivity contribution in [2.24, 2.45) is 0 Å². The zero-order chi connectivity index (χ0) is 22.8. The molecule has 8 heteroatoms. The van der Waals surface area contributed by atoms with Gasteiger partial charge in [-0.25, -0.2) is 4.98 Å². The lowest BCUT2D eigenvalue weighted by atomic mass is 10.2. The number of rotatable bonds is 6. The molecule has 1 aliphatic heterocycles. The van der Waals surface area contributed by atoms with Crippen LogP contribution in [0.15, 0.2) is 66.7 Å². The highest BCUT2D eigenvalue weighted by Crippen LogP contribution is 2.41. The second-order valence-electron chi connectivity index (χ2n) is 7.42. The van der Waals surface area contributed by atoms with E-state index < -0.39 is 6.10 Å². The highest BCUT2D eigenvalue weighted by molar-refractivity contribution is 7.22. The van der Waals surface area contributed by atoms with Crippen LogP contribution >= 0.6 is 11.3 Å². The zero-order valence-electron chi connectivity index (χ0n) is 18.2. The van der Waals surface area contributed by atoms with E-state index >= 15 is 0 Å². The van der Waals surface area contributed by atoms with E-state index in [0.29, 0.717) is 40.2 Å². The van der Waals surface area contributed by atoms with E-state index in [1.54, 1.807) is 25.2 Å². The Hall–Kier alpha value is -3.78. The molecular formula is C25H22N2O5S. The van der Waals surface area contributed by atoms with E-state index in [1.807, 2.05) is 60.7 Å². The number of methoxy groups -OCH3 is 2. The lowest BCUT2D eigenvalue weighted by Crippen LogP contribution is -2.46. The third-order valence-electron chi connectivity index (χ3n) is 5.36. The lowest BCUT2D eigenvalue weighted by Gasteiger charge is -2.29. The Labute approximate surface area is 195 Å². The number of fused-ring (bicyclic) bond motifs is 2. The molecule has 3 aromatic carbocycles. The second kappa shape index (κ2) is 8.99. The van der Waals surface area contributed by atoms with Crippen LogP contribution in [-0.2, 0) is 11.3 Å². The first-order chi connectivity index (χ1) is 16.2. The van der Waals surface area contributed by atoms with Gasteiger partial charge in [0.1, 0.15) is 28.3 Å². The molecule has 0 saturated heterocycles. The molecule has 0 radical (unpaired) electrons. The molecule has 0 N–H and O–H groups in total. The van der Waals surface area contributed by atoms with Gasteiger partial charge in [-0.05, 0) is 29.8 Å². The number of carbonyl (C=O) groups excluding carboxylic acids is 1. The number of aromatic nitrogens is 1. The molecule has 0 spiro atoms. The fraction of sp³-hybridized carbons (Fsp3) is 0.200. The molecule has 0 saturated carbocycles. The zero-order valence-corrected chi connectivity index (χ0v) is 19.0. The fourth-order valence-corrected chi connectivity index (χ4v) is 4.79. The Morgan fingerprint density at radius 2 is 1.70 bits per heavy atom. The minimum Gasteiger partial charge on any atom is -0.495 e. The molecule has 0 aliphatic carbocycles. The summed E-state index contributed by atoms with van der Waals surface area (Å²) in [5, 5.41) is 0.532. The van der Waals surface area contributed by atoms with Gasteiger partial charge in [0.2, 0.25) is 6.10 Å². The summed E-state index contributed by atoms with van der Waals surface area (Å²) < 4.78 is 23.6. The molecular weight excluding hydrogens is 440 g/mol. The first kappa shape index (κ1) is 21.1. The van der Waals surface area contributed by atoms with Crippen LogP contribution < -0.4 is 23.8 Å². The average Bonchev–Trinajstić information content (AvgIpc) is 3.32. The number of benzene rings is 3. The summed E-state index contributed by atoms with van der Waals surface area (Å²) >= 11 is 1.38. The fourth-order valence-electron chi connectivity index (χ4n) is 3.71. The van der Waals surface area contributed by atoms with Gasteiger partial charge in [0.05, 0.1) is 20.8 Å². The van der Waals surface area contributed by atoms with Crippen molar-refractivity contribution in [3.63, 3.8) is 0 Å². The van der Waals surface area contributed by atoms with E-state index in [0.717, 1.165) is 10.3 Å². The third kappa shape index (κ3) is 4.05. The summed E-state index contributed by atoms with van der Waals surface area (Å²) in [6.07, 6.45) is -0.792. The summed E-state index contributed by atoms with van der Waals surface area (Å²) in [5.74, 6) is 2.24. The van der Waals surface area contributed by atoms with Gasteiger partial charge in [0.15, 0.2) is 16.6 Å². The molecule has 168 valence electrons. The quantitative estimate of drug-likeness (QED) is 0.414. The van der Waals surface area contributed by atoms with Crippen molar-refractivity contribution in [1.29, 1.82) is 0 Å². The molecule has 7 nitrogen and oxygen atoms in total. The van der Waals surface area contributed by atoms with Gasteiger partial charge in [-0.3, -0.25) is 9.69 Å². The Bertz CT molecular complexity index is 1250. The number of para-hydroxylation sites is 2. The molecule has 5 rings (SSSR count). The van der Waals surface area contributed by atoms with Gasteiger partial charge >= 0.3 is 0 Å². The maximum atomic E-state index is 13.7. The van der Waals surface area contributed by atoms with Gasteiger partial charge in [-0.15, -0.1) is 0 Å². The molecule has 0 bridgehead atoms. The Balaban J connectivity index is 1.54. The standard InChI is InChI=1S/C25H22N2O5S/c1-29-19-12-13-20(30-2)23-22(19)26-25(33-23)27(14-16-8-4-3-5-9-16)24(28)21-15-31-17-10-6-7-11-18(17)32-21/h3-13,21H,14-15H2,1-2H3. The van der Waals surface area contributed by atoms with E-state index in [9.17, 15) is 4.79 Å². The predicted molar refractivity (Wildman–Crippen MR) is 127 cm³/mol. The van der Waals surface area contributed by atoms with Crippen LogP contribution in [0.3, 0.4) is 0 Å². The van der Waals surface area contributed by atoms with Crippen LogP contribution in [0.4, 0.5) is 5.13 Å². The van der Waals surface area contributed by atoms with Gasteiger partial charge in [-0.1, -0.05) is 53.8 Å². The highest BCUT2D eigenvalue weighted by Gasteiger charge is 2.33. The number of carbonyl (C=O) groups is 1. The van der Waals surface area contributed by atoms with Gasteiger partial charge in [0.25, 0.3) is 5.91 Å². The van der Waals surface area contributed by atoms with Gasteiger partial charge < -0.3 is 18.9 Å². The Morgan fingerprint density at radius 3 is 2.45 bits per heavy atom. The lowest BCUT2D eigenvalue weighted by molar-refractivity contribution is -0.127. The van der Waals surface area contributed by atoms with Crippen molar-refractivity contribution >= 4 is 32.6 Å². The van der Waals surface area contributed by atoms with Crippen LogP contribution in [0, 0.1) is 0 Å². The largest absolute Gasteiger partial charge is 0.495 e. The van der Waals surface area contributed by atoms with Crippen molar-refractivity contribution in [2.45, 2.75) is 12.6 Å². The van der Waals surface area contributed by atoms with E-state index in [2.05, 4.69) is 0 Å². The summed E-state index contributed by atoms with van der Waals surface area (Å²) in [4.78, 5) is 20.1. The van der Waals surface area contributed by atoms with Crippen molar-refractivity contribution in [2.75, 3.05) is 25.7 Å². The SMILES string of the molecule is COc1ccc(OC)c2sc(N(Cc3ccccc3)C(=O)C3COc4ccccc4O3)nc12. The molecule has 1 unspecified atom stereocenters. The molecule has 4 aromatic rings. The van der Waals surface area contributed by atoms with Crippen molar-refractivity contribution in [3.8, 4) is 23.0 Å². The summed E-state index contributed by atoms with van der Waals surface area (Å²) in [6.45, 7) is 0.463. The number of hydrogen-bond donors (Lipinski definition) is 0. The highest BCUT2D eigenvalue weighted by atomic mass is 32.1. The van der Waals surface area contributed by atoms with Crippen LogP contribution in [0.1, 0.15) is 5.56 Å². The molecule has 1 aliphatic rings. The number of thiazole rings is 1. The van der Waals surface area contributed by atoms with Gasteiger partial charge in [0, 0.05) is 0 Å². The number of hydrogen-bond acceptors (Lipinski definition) is 7. The van der Waals surface area contributed by atoms with Gasteiger partial charge in [-0.2, -0.15) is 0 Å². The van der Waals surface area contributed by atoms with Crippen molar-refractivity contribution < 1.29 is 23.7 Å². The maximum Gasteiger partial charge on any atom is 0.273 e. The summed E-state index contributed by atoms with van der Waals surface area (Å²) in [5.41, 5.74) is 1.62.